The molecule has 0 saturated carbocycles. The lowest BCUT2D eigenvalue weighted by Crippen LogP contribution is -2.25. The van der Waals surface area contributed by atoms with E-state index in [2.05, 4.69) is 10.3 Å². The molecule has 0 spiro atoms. The van der Waals surface area contributed by atoms with E-state index in [0.717, 1.165) is 4.88 Å². The molecule has 0 atom stereocenters. The molecule has 0 aromatic carbocycles. The van der Waals surface area contributed by atoms with Crippen LogP contribution in [-0.4, -0.2) is 21.2 Å². The number of aromatic nitrogens is 2. The number of thiophene rings is 2. The average Bonchev–Trinajstić information content (AvgIpc) is 3.16. The molecule has 120 valence electrons. The number of fused-ring (bicyclic) bond motifs is 1. The summed E-state index contributed by atoms with van der Waals surface area (Å²) >= 11 is 9.96. The van der Waals surface area contributed by atoms with Gasteiger partial charge in [0, 0.05) is 11.9 Å². The lowest BCUT2D eigenvalue weighted by atomic mass is 10.4. The first-order valence-corrected chi connectivity index (χ1v) is 9.68. The number of halogens is 1. The predicted molar refractivity (Wildman–Crippen MR) is 96.8 cm³/mol. The first-order valence-electron chi connectivity index (χ1n) is 6.62. The number of amides is 1. The summed E-state index contributed by atoms with van der Waals surface area (Å²) < 4.78 is 2.18. The fourth-order valence-corrected chi connectivity index (χ4v) is 4.56. The van der Waals surface area contributed by atoms with Crippen molar-refractivity contribution in [2.24, 2.45) is 7.05 Å². The molecule has 1 N–H and O–H groups in total. The Balaban J connectivity index is 1.62. The minimum atomic E-state index is -0.111. The van der Waals surface area contributed by atoms with Gasteiger partial charge in [-0.05, 0) is 23.6 Å². The maximum absolute atomic E-state index is 12.2. The molecule has 3 heterocycles. The van der Waals surface area contributed by atoms with Gasteiger partial charge >= 0.3 is 0 Å². The van der Waals surface area contributed by atoms with Crippen LogP contribution in [0.4, 0.5) is 0 Å². The normalized spacial score (nSPS) is 11.0. The van der Waals surface area contributed by atoms with Crippen LogP contribution in [0.15, 0.2) is 33.5 Å². The van der Waals surface area contributed by atoms with Gasteiger partial charge in [0.2, 0.25) is 5.91 Å². The predicted octanol–water partition coefficient (Wildman–Crippen LogP) is 3.12. The second-order valence-corrected chi connectivity index (χ2v) is 8.31. The van der Waals surface area contributed by atoms with Crippen LogP contribution in [0.25, 0.3) is 10.2 Å². The van der Waals surface area contributed by atoms with Gasteiger partial charge in [-0.3, -0.25) is 14.2 Å². The van der Waals surface area contributed by atoms with Crippen molar-refractivity contribution in [3.63, 3.8) is 0 Å². The number of rotatable bonds is 5. The smallest absolute Gasteiger partial charge is 0.262 e. The highest BCUT2D eigenvalue weighted by Gasteiger charge is 2.11. The van der Waals surface area contributed by atoms with E-state index in [1.807, 2.05) is 11.4 Å². The average molecular weight is 386 g/mol. The molecule has 0 aliphatic rings. The number of hydrogen-bond acceptors (Lipinski definition) is 6. The number of carbonyl (C=O) groups is 1. The summed E-state index contributed by atoms with van der Waals surface area (Å²) in [5.74, 6) is 0.0936. The summed E-state index contributed by atoms with van der Waals surface area (Å²) in [7, 11) is 1.67. The second kappa shape index (κ2) is 7.04. The van der Waals surface area contributed by atoms with E-state index < -0.39 is 0 Å². The Kier molecular flexibility index (Phi) is 5.05. The molecule has 0 unspecified atom stereocenters. The van der Waals surface area contributed by atoms with E-state index in [-0.39, 0.29) is 17.2 Å². The van der Waals surface area contributed by atoms with Gasteiger partial charge < -0.3 is 5.32 Å². The molecular weight excluding hydrogens is 374 g/mol. The third-order valence-corrected chi connectivity index (χ3v) is 6.15. The molecule has 0 aliphatic heterocycles. The molecule has 5 nitrogen and oxygen atoms in total. The van der Waals surface area contributed by atoms with Gasteiger partial charge in [0.1, 0.15) is 4.83 Å². The summed E-state index contributed by atoms with van der Waals surface area (Å²) in [6.07, 6.45) is 0. The van der Waals surface area contributed by atoms with E-state index in [0.29, 0.717) is 26.3 Å². The van der Waals surface area contributed by atoms with Crippen LogP contribution in [0.2, 0.25) is 4.34 Å². The molecule has 0 aliphatic carbocycles. The van der Waals surface area contributed by atoms with E-state index in [9.17, 15) is 9.59 Å². The Bertz CT molecular complexity index is 916. The molecule has 3 rings (SSSR count). The summed E-state index contributed by atoms with van der Waals surface area (Å²) in [4.78, 5) is 30.2. The lowest BCUT2D eigenvalue weighted by Gasteiger charge is -2.07. The maximum Gasteiger partial charge on any atom is 0.262 e. The van der Waals surface area contributed by atoms with Gasteiger partial charge in [-0.2, -0.15) is 0 Å². The molecule has 1 amide bonds. The first kappa shape index (κ1) is 16.5. The quantitative estimate of drug-likeness (QED) is 0.541. The van der Waals surface area contributed by atoms with Crippen molar-refractivity contribution in [1.82, 2.24) is 14.9 Å². The van der Waals surface area contributed by atoms with Crippen LogP contribution in [0, 0.1) is 0 Å². The van der Waals surface area contributed by atoms with Crippen molar-refractivity contribution >= 4 is 62.2 Å². The van der Waals surface area contributed by atoms with Crippen molar-refractivity contribution in [3.8, 4) is 0 Å². The van der Waals surface area contributed by atoms with Crippen molar-refractivity contribution in [1.29, 1.82) is 0 Å². The van der Waals surface area contributed by atoms with Gasteiger partial charge in [-0.1, -0.05) is 23.4 Å². The first-order chi connectivity index (χ1) is 11.0. The van der Waals surface area contributed by atoms with E-state index >= 15 is 0 Å². The second-order valence-electron chi connectivity index (χ2n) is 4.67. The highest BCUT2D eigenvalue weighted by molar-refractivity contribution is 7.99. The molecule has 3 aromatic heterocycles. The molecule has 23 heavy (non-hydrogen) atoms. The zero-order chi connectivity index (χ0) is 16.4. The zero-order valence-corrected chi connectivity index (χ0v) is 15.2. The van der Waals surface area contributed by atoms with Gasteiger partial charge in [0.05, 0.1) is 22.0 Å². The highest BCUT2D eigenvalue weighted by atomic mass is 35.5. The number of nitrogens with one attached hydrogen (secondary N) is 1. The largest absolute Gasteiger partial charge is 0.350 e. The van der Waals surface area contributed by atoms with Crippen molar-refractivity contribution in [3.05, 3.63) is 43.1 Å². The molecular formula is C14H12ClN3O2S3. The van der Waals surface area contributed by atoms with Crippen LogP contribution in [0.5, 0.6) is 0 Å². The van der Waals surface area contributed by atoms with Gasteiger partial charge in [-0.25, -0.2) is 4.98 Å². The van der Waals surface area contributed by atoms with Crippen LogP contribution in [0.3, 0.4) is 0 Å². The molecule has 0 saturated heterocycles. The number of hydrogen-bond donors (Lipinski definition) is 1. The van der Waals surface area contributed by atoms with Crippen LogP contribution in [-0.2, 0) is 18.4 Å². The third-order valence-electron chi connectivity index (χ3n) is 3.08. The topological polar surface area (TPSA) is 64.0 Å². The summed E-state index contributed by atoms with van der Waals surface area (Å²) in [6, 6.07) is 5.46. The fourth-order valence-electron chi connectivity index (χ4n) is 1.92. The van der Waals surface area contributed by atoms with Gasteiger partial charge in [0.15, 0.2) is 5.16 Å². The summed E-state index contributed by atoms with van der Waals surface area (Å²) in [5.41, 5.74) is -0.0904. The number of carbonyl (C=O) groups excluding carboxylic acids is 1. The fraction of sp³-hybridized carbons (Fsp3) is 0.214. The van der Waals surface area contributed by atoms with Crippen LogP contribution < -0.4 is 10.9 Å². The van der Waals surface area contributed by atoms with E-state index in [1.165, 1.54) is 39.0 Å². The maximum atomic E-state index is 12.2. The van der Waals surface area contributed by atoms with Crippen LogP contribution >= 0.6 is 46.0 Å². The Labute approximate surface area is 149 Å². The Morgan fingerprint density at radius 1 is 1.43 bits per heavy atom. The van der Waals surface area contributed by atoms with Crippen molar-refractivity contribution < 1.29 is 4.79 Å². The minimum Gasteiger partial charge on any atom is -0.350 e. The van der Waals surface area contributed by atoms with Gasteiger partial charge in [0.25, 0.3) is 5.56 Å². The van der Waals surface area contributed by atoms with E-state index in [4.69, 9.17) is 11.6 Å². The number of thioether (sulfide) groups is 1. The van der Waals surface area contributed by atoms with Gasteiger partial charge in [-0.15, -0.1) is 22.7 Å². The molecule has 0 fully saturated rings. The Morgan fingerprint density at radius 3 is 3.00 bits per heavy atom. The Hall–Kier alpha value is -1.35. The lowest BCUT2D eigenvalue weighted by molar-refractivity contribution is -0.118. The van der Waals surface area contributed by atoms with Crippen LogP contribution in [0.1, 0.15) is 4.88 Å². The van der Waals surface area contributed by atoms with Crippen molar-refractivity contribution in [2.45, 2.75) is 11.7 Å². The highest BCUT2D eigenvalue weighted by Crippen LogP contribution is 2.22. The molecule has 0 radical (unpaired) electrons. The number of nitrogens with zero attached hydrogens (tertiary/aromatic N) is 2. The third kappa shape index (κ3) is 3.77. The SMILES string of the molecule is Cn1c(SCC(=O)NCc2ccc(Cl)s2)nc2sccc2c1=O. The zero-order valence-electron chi connectivity index (χ0n) is 12.0. The monoisotopic (exact) mass is 385 g/mol. The molecule has 9 heteroatoms. The minimum absolute atomic E-state index is 0.0904. The Morgan fingerprint density at radius 2 is 2.26 bits per heavy atom. The van der Waals surface area contributed by atoms with Crippen molar-refractivity contribution in [2.75, 3.05) is 5.75 Å². The molecule has 3 aromatic rings. The summed E-state index contributed by atoms with van der Waals surface area (Å²) in [5, 5.41) is 5.82. The van der Waals surface area contributed by atoms with E-state index in [1.54, 1.807) is 19.2 Å². The standard InChI is InChI=1S/C14H12ClN3O2S3/c1-18-13(20)9-4-5-21-12(9)17-14(18)22-7-11(19)16-6-8-2-3-10(15)23-8/h2-5H,6-7H2,1H3,(H,16,19). The summed E-state index contributed by atoms with van der Waals surface area (Å²) in [6.45, 7) is 0.451. The molecule has 0 bridgehead atoms.